The van der Waals surface area contributed by atoms with E-state index in [0.29, 0.717) is 0 Å². The Morgan fingerprint density at radius 3 is 2.35 bits per heavy atom. The van der Waals surface area contributed by atoms with Crippen molar-refractivity contribution in [2.75, 3.05) is 13.7 Å². The van der Waals surface area contributed by atoms with E-state index >= 15 is 0 Å². The van der Waals surface area contributed by atoms with Crippen LogP contribution < -0.4 is 0 Å². The van der Waals surface area contributed by atoms with E-state index in [4.69, 9.17) is 4.74 Å². The highest BCUT2D eigenvalue weighted by atomic mass is 16.5. The van der Waals surface area contributed by atoms with Crippen molar-refractivity contribution in [1.82, 2.24) is 0 Å². The van der Waals surface area contributed by atoms with Crippen LogP contribution >= 0.6 is 0 Å². The molecule has 0 aromatic heterocycles. The summed E-state index contributed by atoms with van der Waals surface area (Å²) < 4.78 is 5.17. The van der Waals surface area contributed by atoms with Gasteiger partial charge in [-0.3, -0.25) is 0 Å². The lowest BCUT2D eigenvalue weighted by atomic mass is 9.81. The van der Waals surface area contributed by atoms with E-state index in [2.05, 4.69) is 45.0 Å². The Morgan fingerprint density at radius 1 is 1.18 bits per heavy atom. The minimum Gasteiger partial charge on any atom is -0.385 e. The van der Waals surface area contributed by atoms with E-state index in [1.807, 2.05) is 0 Å². The molecular weight excluding hydrogens is 208 g/mol. The number of aryl methyl sites for hydroxylation is 1. The van der Waals surface area contributed by atoms with Crippen molar-refractivity contribution in [3.8, 4) is 0 Å². The van der Waals surface area contributed by atoms with Crippen molar-refractivity contribution in [3.05, 3.63) is 42.3 Å². The molecule has 1 aromatic carbocycles. The second-order valence-corrected chi connectivity index (χ2v) is 5.28. The highest BCUT2D eigenvalue weighted by Gasteiger charge is 2.19. The van der Waals surface area contributed by atoms with Crippen LogP contribution in [0.4, 0.5) is 0 Å². The van der Waals surface area contributed by atoms with Gasteiger partial charge in [-0.05, 0) is 35.8 Å². The fourth-order valence-corrected chi connectivity index (χ4v) is 1.95. The number of rotatable bonds is 7. The third-order valence-corrected chi connectivity index (χ3v) is 3.38. The van der Waals surface area contributed by atoms with Gasteiger partial charge in [0.1, 0.15) is 0 Å². The lowest BCUT2D eigenvalue weighted by Gasteiger charge is -2.25. The van der Waals surface area contributed by atoms with Gasteiger partial charge in [0, 0.05) is 13.7 Å². The molecule has 0 aliphatic heterocycles. The molecule has 0 fully saturated rings. The number of hydrogen-bond acceptors (Lipinski definition) is 1. The second kappa shape index (κ2) is 6.80. The van der Waals surface area contributed by atoms with Crippen LogP contribution in [-0.4, -0.2) is 13.7 Å². The average molecular weight is 233 g/mol. The van der Waals surface area contributed by atoms with Crippen LogP contribution in [0.3, 0.4) is 0 Å². The molecule has 1 nitrogen and oxygen atoms in total. The zero-order valence-corrected chi connectivity index (χ0v) is 11.5. The maximum Gasteiger partial charge on any atom is 0.0470 e. The highest BCUT2D eigenvalue weighted by Crippen LogP contribution is 2.27. The molecule has 0 aliphatic carbocycles. The molecular formula is C16H25O. The lowest BCUT2D eigenvalue weighted by Crippen LogP contribution is -2.19. The molecule has 17 heavy (non-hydrogen) atoms. The van der Waals surface area contributed by atoms with Gasteiger partial charge in [0.2, 0.25) is 0 Å². The maximum atomic E-state index is 5.17. The van der Waals surface area contributed by atoms with E-state index < -0.39 is 0 Å². The molecule has 95 valence electrons. The molecule has 0 N–H and O–H groups in total. The molecule has 1 rings (SSSR count). The van der Waals surface area contributed by atoms with Gasteiger partial charge >= 0.3 is 0 Å². The summed E-state index contributed by atoms with van der Waals surface area (Å²) in [6.45, 7) is 9.24. The van der Waals surface area contributed by atoms with Crippen LogP contribution in [0.1, 0.15) is 44.2 Å². The van der Waals surface area contributed by atoms with E-state index in [0.717, 1.165) is 25.9 Å². The summed E-state index contributed by atoms with van der Waals surface area (Å²) in [5, 5.41) is 0. The van der Waals surface area contributed by atoms with Gasteiger partial charge in [0.15, 0.2) is 0 Å². The Kier molecular flexibility index (Phi) is 5.70. The summed E-state index contributed by atoms with van der Waals surface area (Å²) in [6, 6.07) is 9.02. The number of methoxy groups -OCH3 is 1. The molecule has 1 heteroatoms. The Labute approximate surface area is 106 Å². The van der Waals surface area contributed by atoms with Crippen LogP contribution in [0.15, 0.2) is 24.3 Å². The first-order valence-corrected chi connectivity index (χ1v) is 6.48. The first-order valence-electron chi connectivity index (χ1n) is 6.48. The van der Waals surface area contributed by atoms with Gasteiger partial charge in [-0.2, -0.15) is 0 Å². The topological polar surface area (TPSA) is 9.23 Å². The summed E-state index contributed by atoms with van der Waals surface area (Å²) in [6.07, 6.45) is 4.39. The quantitative estimate of drug-likeness (QED) is 0.687. The first-order chi connectivity index (χ1) is 8.10. The standard InChI is InChI=1S/C16H25O/c1-5-6-7-14-8-10-15(11-9-14)16(2,3)12-13-17-4/h8-11H,1,5-7,12-13H2,2-4H3. The van der Waals surface area contributed by atoms with Crippen molar-refractivity contribution in [2.24, 2.45) is 0 Å². The second-order valence-electron chi connectivity index (χ2n) is 5.28. The van der Waals surface area contributed by atoms with Gasteiger partial charge < -0.3 is 4.74 Å². The Hall–Kier alpha value is -0.820. The molecule has 1 aromatic rings. The molecule has 0 bridgehead atoms. The average Bonchev–Trinajstić information content (AvgIpc) is 2.34. The largest absolute Gasteiger partial charge is 0.385 e. The minimum absolute atomic E-state index is 0.195. The first kappa shape index (κ1) is 14.2. The van der Waals surface area contributed by atoms with Crippen LogP contribution in [0.5, 0.6) is 0 Å². The third kappa shape index (κ3) is 4.51. The summed E-state index contributed by atoms with van der Waals surface area (Å²) in [5.41, 5.74) is 3.01. The Bertz CT molecular complexity index is 311. The van der Waals surface area contributed by atoms with Gasteiger partial charge in [-0.25, -0.2) is 0 Å². The van der Waals surface area contributed by atoms with Crippen LogP contribution in [0.25, 0.3) is 0 Å². The van der Waals surface area contributed by atoms with Crippen LogP contribution in [0, 0.1) is 6.92 Å². The van der Waals surface area contributed by atoms with E-state index in [-0.39, 0.29) is 5.41 Å². The molecule has 0 saturated carbocycles. The zero-order valence-electron chi connectivity index (χ0n) is 11.5. The van der Waals surface area contributed by atoms with Crippen molar-refractivity contribution in [2.45, 2.75) is 44.9 Å². The normalized spacial score (nSPS) is 11.8. The number of benzene rings is 1. The fraction of sp³-hybridized carbons (Fsp3) is 0.562. The monoisotopic (exact) mass is 233 g/mol. The molecule has 0 spiro atoms. The van der Waals surface area contributed by atoms with E-state index in [1.165, 1.54) is 17.5 Å². The molecule has 0 atom stereocenters. The van der Waals surface area contributed by atoms with Crippen molar-refractivity contribution in [3.63, 3.8) is 0 Å². The van der Waals surface area contributed by atoms with Gasteiger partial charge in [0.25, 0.3) is 0 Å². The Balaban J connectivity index is 2.65. The number of hydrogen-bond donors (Lipinski definition) is 0. The Morgan fingerprint density at radius 2 is 1.82 bits per heavy atom. The van der Waals surface area contributed by atoms with Crippen LogP contribution in [0.2, 0.25) is 0 Å². The highest BCUT2D eigenvalue weighted by molar-refractivity contribution is 5.28. The fourth-order valence-electron chi connectivity index (χ4n) is 1.95. The predicted octanol–water partition coefficient (Wildman–Crippen LogP) is 4.16. The summed E-state index contributed by atoms with van der Waals surface area (Å²) in [4.78, 5) is 0. The number of ether oxygens (including phenoxy) is 1. The van der Waals surface area contributed by atoms with Gasteiger partial charge in [-0.1, -0.05) is 51.5 Å². The zero-order chi connectivity index (χ0) is 12.7. The molecule has 0 saturated heterocycles. The third-order valence-electron chi connectivity index (χ3n) is 3.38. The van der Waals surface area contributed by atoms with Crippen molar-refractivity contribution >= 4 is 0 Å². The molecule has 0 heterocycles. The molecule has 0 amide bonds. The van der Waals surface area contributed by atoms with E-state index in [9.17, 15) is 0 Å². The SMILES string of the molecule is [CH2]CCCc1ccc(C(C)(C)CCOC)cc1. The van der Waals surface area contributed by atoms with Gasteiger partial charge in [0.05, 0.1) is 0 Å². The molecule has 0 aliphatic rings. The van der Waals surface area contributed by atoms with E-state index in [1.54, 1.807) is 7.11 Å². The minimum atomic E-state index is 0.195. The number of unbranched alkanes of at least 4 members (excludes halogenated alkanes) is 1. The van der Waals surface area contributed by atoms with Gasteiger partial charge in [-0.15, -0.1) is 0 Å². The molecule has 1 radical (unpaired) electrons. The summed E-state index contributed by atoms with van der Waals surface area (Å²) in [5.74, 6) is 0. The van der Waals surface area contributed by atoms with Crippen molar-refractivity contribution < 1.29 is 4.74 Å². The molecule has 0 unspecified atom stereocenters. The lowest BCUT2D eigenvalue weighted by molar-refractivity contribution is 0.174. The summed E-state index contributed by atoms with van der Waals surface area (Å²) >= 11 is 0. The summed E-state index contributed by atoms with van der Waals surface area (Å²) in [7, 11) is 1.76. The van der Waals surface area contributed by atoms with Crippen LogP contribution in [-0.2, 0) is 16.6 Å². The van der Waals surface area contributed by atoms with Crippen molar-refractivity contribution in [1.29, 1.82) is 0 Å². The smallest absolute Gasteiger partial charge is 0.0470 e. The maximum absolute atomic E-state index is 5.17. The predicted molar refractivity (Wildman–Crippen MR) is 74.3 cm³/mol.